The highest BCUT2D eigenvalue weighted by atomic mass is 14.8. The van der Waals surface area contributed by atoms with Gasteiger partial charge in [0.15, 0.2) is 0 Å². The van der Waals surface area contributed by atoms with E-state index in [9.17, 15) is 0 Å². The molecule has 20 heavy (non-hydrogen) atoms. The van der Waals surface area contributed by atoms with Gasteiger partial charge in [-0.15, -0.1) is 0 Å². The Morgan fingerprint density at radius 2 is 1.20 bits per heavy atom. The molecule has 0 saturated carbocycles. The highest BCUT2D eigenvalue weighted by Crippen LogP contribution is 2.11. The second-order valence-corrected chi connectivity index (χ2v) is 6.45. The lowest BCUT2D eigenvalue weighted by Gasteiger charge is -2.14. The molecule has 1 N–H and O–H groups in total. The van der Waals surface area contributed by atoms with Gasteiger partial charge in [-0.05, 0) is 31.8 Å². The van der Waals surface area contributed by atoms with E-state index in [1.807, 2.05) is 0 Å². The summed E-state index contributed by atoms with van der Waals surface area (Å²) in [5.41, 5.74) is 0. The van der Waals surface area contributed by atoms with Crippen LogP contribution in [0.3, 0.4) is 0 Å². The first-order valence-corrected chi connectivity index (χ1v) is 9.55. The molecule has 0 amide bonds. The summed E-state index contributed by atoms with van der Waals surface area (Å²) in [5, 5.41) is 3.65. The average molecular weight is 284 g/mol. The lowest BCUT2D eigenvalue weighted by molar-refractivity contribution is 0.424. The highest BCUT2D eigenvalue weighted by molar-refractivity contribution is 4.60. The Bertz CT molecular complexity index is 167. The first-order valence-electron chi connectivity index (χ1n) is 9.55. The van der Waals surface area contributed by atoms with Crippen molar-refractivity contribution in [2.75, 3.05) is 13.1 Å². The van der Waals surface area contributed by atoms with Gasteiger partial charge in [-0.2, -0.15) is 0 Å². The molecular formula is C19H41N. The summed E-state index contributed by atoms with van der Waals surface area (Å²) in [6.45, 7) is 9.38. The number of unbranched alkanes of at least 4 members (excludes halogenated alkanes) is 9. The Balaban J connectivity index is 3.09. The summed E-state index contributed by atoms with van der Waals surface area (Å²) >= 11 is 0. The van der Waals surface area contributed by atoms with Crippen LogP contribution >= 0.6 is 0 Å². The van der Waals surface area contributed by atoms with Gasteiger partial charge < -0.3 is 5.32 Å². The van der Waals surface area contributed by atoms with E-state index < -0.39 is 0 Å². The molecular weight excluding hydrogens is 242 g/mol. The fourth-order valence-electron chi connectivity index (χ4n) is 2.90. The van der Waals surface area contributed by atoms with Crippen molar-refractivity contribution in [3.8, 4) is 0 Å². The van der Waals surface area contributed by atoms with Crippen LogP contribution in [-0.2, 0) is 0 Å². The van der Waals surface area contributed by atoms with E-state index in [1.54, 1.807) is 0 Å². The van der Waals surface area contributed by atoms with Crippen molar-refractivity contribution in [1.29, 1.82) is 0 Å². The molecule has 0 aromatic carbocycles. The van der Waals surface area contributed by atoms with Crippen LogP contribution in [0.1, 0.15) is 104 Å². The zero-order chi connectivity index (χ0) is 14.9. The van der Waals surface area contributed by atoms with Crippen molar-refractivity contribution < 1.29 is 0 Å². The number of nitrogens with one attached hydrogen (secondary N) is 1. The van der Waals surface area contributed by atoms with Gasteiger partial charge >= 0.3 is 0 Å². The molecule has 0 aliphatic carbocycles. The molecule has 0 rings (SSSR count). The second kappa shape index (κ2) is 17.0. The smallest absolute Gasteiger partial charge is 0.00206 e. The van der Waals surface area contributed by atoms with E-state index in [0.29, 0.717) is 0 Å². The summed E-state index contributed by atoms with van der Waals surface area (Å²) in [5.74, 6) is 0.906. The zero-order valence-electron chi connectivity index (χ0n) is 14.7. The minimum atomic E-state index is 0.906. The first kappa shape index (κ1) is 20.0. The molecule has 1 unspecified atom stereocenters. The summed E-state index contributed by atoms with van der Waals surface area (Å²) in [6.07, 6.45) is 18.4. The molecule has 0 fully saturated rings. The van der Waals surface area contributed by atoms with Gasteiger partial charge in [0.05, 0.1) is 0 Å². The lowest BCUT2D eigenvalue weighted by atomic mass is 10.0. The summed E-state index contributed by atoms with van der Waals surface area (Å²) in [6, 6.07) is 0. The molecule has 1 nitrogen and oxygen atoms in total. The van der Waals surface area contributed by atoms with Gasteiger partial charge in [0.25, 0.3) is 0 Å². The Kier molecular flexibility index (Phi) is 17.0. The van der Waals surface area contributed by atoms with E-state index in [1.165, 1.54) is 96.6 Å². The summed E-state index contributed by atoms with van der Waals surface area (Å²) < 4.78 is 0. The minimum absolute atomic E-state index is 0.906. The van der Waals surface area contributed by atoms with Crippen LogP contribution in [0.2, 0.25) is 0 Å². The van der Waals surface area contributed by atoms with Crippen molar-refractivity contribution in [2.24, 2.45) is 5.92 Å². The average Bonchev–Trinajstić information content (AvgIpc) is 2.47. The molecule has 122 valence electrons. The van der Waals surface area contributed by atoms with E-state index in [-0.39, 0.29) is 0 Å². The number of hydrogen-bond donors (Lipinski definition) is 1. The second-order valence-electron chi connectivity index (χ2n) is 6.45. The van der Waals surface area contributed by atoms with Crippen LogP contribution in [0, 0.1) is 5.92 Å². The van der Waals surface area contributed by atoms with Crippen molar-refractivity contribution in [3.05, 3.63) is 0 Å². The predicted molar refractivity (Wildman–Crippen MR) is 93.4 cm³/mol. The first-order chi connectivity index (χ1) is 9.85. The normalized spacial score (nSPS) is 12.8. The molecule has 0 saturated heterocycles. The monoisotopic (exact) mass is 283 g/mol. The molecule has 0 aromatic rings. The predicted octanol–water partition coefficient (Wildman–Crippen LogP) is 6.32. The molecule has 0 aromatic heterocycles. The van der Waals surface area contributed by atoms with E-state index >= 15 is 0 Å². The zero-order valence-corrected chi connectivity index (χ0v) is 14.7. The highest BCUT2D eigenvalue weighted by Gasteiger charge is 2.03. The number of rotatable bonds is 16. The third-order valence-corrected chi connectivity index (χ3v) is 4.41. The summed E-state index contributed by atoms with van der Waals surface area (Å²) in [4.78, 5) is 0. The maximum absolute atomic E-state index is 3.65. The molecule has 0 bridgehead atoms. The largest absolute Gasteiger partial charge is 0.316 e. The van der Waals surface area contributed by atoms with Crippen molar-refractivity contribution in [2.45, 2.75) is 104 Å². The number of hydrogen-bond acceptors (Lipinski definition) is 1. The molecule has 0 heterocycles. The molecule has 0 aliphatic rings. The molecule has 0 spiro atoms. The van der Waals surface area contributed by atoms with Gasteiger partial charge in [0.1, 0.15) is 0 Å². The fourth-order valence-corrected chi connectivity index (χ4v) is 2.90. The van der Waals surface area contributed by atoms with Crippen LogP contribution in [-0.4, -0.2) is 13.1 Å². The van der Waals surface area contributed by atoms with Crippen LogP contribution in [0.25, 0.3) is 0 Å². The minimum Gasteiger partial charge on any atom is -0.316 e. The van der Waals surface area contributed by atoms with Crippen molar-refractivity contribution in [1.82, 2.24) is 5.32 Å². The van der Waals surface area contributed by atoms with E-state index in [0.717, 1.165) is 5.92 Å². The van der Waals surface area contributed by atoms with Gasteiger partial charge in [0.2, 0.25) is 0 Å². The topological polar surface area (TPSA) is 12.0 Å². The molecule has 0 radical (unpaired) electrons. The Hall–Kier alpha value is -0.0400. The van der Waals surface area contributed by atoms with Crippen LogP contribution in [0.15, 0.2) is 0 Å². The van der Waals surface area contributed by atoms with Crippen LogP contribution < -0.4 is 5.32 Å². The maximum Gasteiger partial charge on any atom is -0.00206 e. The van der Waals surface area contributed by atoms with Gasteiger partial charge in [-0.3, -0.25) is 0 Å². The third-order valence-electron chi connectivity index (χ3n) is 4.41. The Morgan fingerprint density at radius 1 is 0.650 bits per heavy atom. The van der Waals surface area contributed by atoms with E-state index in [4.69, 9.17) is 0 Å². The van der Waals surface area contributed by atoms with Gasteiger partial charge in [-0.25, -0.2) is 0 Å². The Morgan fingerprint density at radius 3 is 1.70 bits per heavy atom. The third kappa shape index (κ3) is 14.4. The van der Waals surface area contributed by atoms with Gasteiger partial charge in [0, 0.05) is 0 Å². The van der Waals surface area contributed by atoms with Crippen LogP contribution in [0.4, 0.5) is 0 Å². The fraction of sp³-hybridized carbons (Fsp3) is 1.00. The maximum atomic E-state index is 3.65. The SMILES string of the molecule is CCCCCCCCCCCCNCC(CC)CCC. The Labute approximate surface area is 129 Å². The molecule has 1 heteroatoms. The molecule has 0 aliphatic heterocycles. The molecule has 1 atom stereocenters. The van der Waals surface area contributed by atoms with E-state index in [2.05, 4.69) is 26.1 Å². The summed E-state index contributed by atoms with van der Waals surface area (Å²) in [7, 11) is 0. The van der Waals surface area contributed by atoms with Crippen molar-refractivity contribution in [3.63, 3.8) is 0 Å². The lowest BCUT2D eigenvalue weighted by Crippen LogP contribution is -2.23. The van der Waals surface area contributed by atoms with Crippen molar-refractivity contribution >= 4 is 0 Å². The quantitative estimate of drug-likeness (QED) is 0.327. The van der Waals surface area contributed by atoms with Gasteiger partial charge in [-0.1, -0.05) is 91.4 Å². The van der Waals surface area contributed by atoms with Crippen LogP contribution in [0.5, 0.6) is 0 Å². The standard InChI is InChI=1S/C19H41N/c1-4-7-8-9-10-11-12-13-14-15-17-20-18-19(6-3)16-5-2/h19-20H,4-18H2,1-3H3.